The molecule has 6 heteroatoms. The van der Waals surface area contributed by atoms with Crippen molar-refractivity contribution < 1.29 is 0 Å². The molecule has 0 unspecified atom stereocenters. The number of hydrogen-bond donors (Lipinski definition) is 0. The van der Waals surface area contributed by atoms with Crippen LogP contribution in [0.3, 0.4) is 0 Å². The summed E-state index contributed by atoms with van der Waals surface area (Å²) >= 11 is 4.86. The predicted molar refractivity (Wildman–Crippen MR) is 58.6 cm³/mol. The van der Waals surface area contributed by atoms with Gasteiger partial charge in [0.15, 0.2) is 5.82 Å². The highest BCUT2D eigenvalue weighted by Crippen LogP contribution is 2.14. The number of thioether (sulfide) groups is 1. The van der Waals surface area contributed by atoms with Gasteiger partial charge in [0.1, 0.15) is 16.0 Å². The van der Waals surface area contributed by atoms with Crippen LogP contribution < -0.4 is 0 Å². The first-order chi connectivity index (χ1) is 6.79. The van der Waals surface area contributed by atoms with Crippen molar-refractivity contribution in [3.63, 3.8) is 0 Å². The van der Waals surface area contributed by atoms with Crippen molar-refractivity contribution in [1.29, 1.82) is 0 Å². The molecule has 2 aromatic rings. The molecule has 0 N–H and O–H groups in total. The topological polar surface area (TPSA) is 43.6 Å². The van der Waals surface area contributed by atoms with Crippen molar-refractivity contribution in [2.75, 3.05) is 6.26 Å². The van der Waals surface area contributed by atoms with Crippen LogP contribution in [0.4, 0.5) is 0 Å². The van der Waals surface area contributed by atoms with Crippen molar-refractivity contribution in [3.05, 3.63) is 29.3 Å². The number of hydrogen-bond acceptors (Lipinski definition) is 4. The van der Waals surface area contributed by atoms with Crippen molar-refractivity contribution >= 4 is 27.7 Å². The van der Waals surface area contributed by atoms with Gasteiger partial charge in [-0.1, -0.05) is 0 Å². The molecule has 14 heavy (non-hydrogen) atoms. The van der Waals surface area contributed by atoms with E-state index in [1.54, 1.807) is 16.4 Å². The van der Waals surface area contributed by atoms with E-state index in [9.17, 15) is 0 Å². The molecule has 0 saturated heterocycles. The molecule has 4 nitrogen and oxygen atoms in total. The lowest BCUT2D eigenvalue weighted by atomic mass is 10.6. The van der Waals surface area contributed by atoms with Crippen molar-refractivity contribution in [2.45, 2.75) is 5.03 Å². The molecule has 0 aliphatic carbocycles. The van der Waals surface area contributed by atoms with Crippen LogP contribution in [0.5, 0.6) is 0 Å². The standard InChI is InChI=1S/C8H7BrN4S/c1-14-8-4-7(10-5-11-8)13-3-2-6(9)12-13/h2-5H,1H3. The molecule has 2 aromatic heterocycles. The first-order valence-corrected chi connectivity index (χ1v) is 5.89. The molecule has 0 spiro atoms. The van der Waals surface area contributed by atoms with E-state index in [-0.39, 0.29) is 0 Å². The van der Waals surface area contributed by atoms with Crippen molar-refractivity contribution in [2.24, 2.45) is 0 Å². The van der Waals surface area contributed by atoms with E-state index in [0.29, 0.717) is 0 Å². The minimum absolute atomic E-state index is 0.773. The first-order valence-electron chi connectivity index (χ1n) is 3.87. The lowest BCUT2D eigenvalue weighted by Crippen LogP contribution is -1.98. The lowest BCUT2D eigenvalue weighted by molar-refractivity contribution is 0.820. The highest BCUT2D eigenvalue weighted by molar-refractivity contribution is 9.10. The molecule has 2 rings (SSSR count). The molecule has 72 valence electrons. The Hall–Kier alpha value is -0.880. The normalized spacial score (nSPS) is 10.4. The van der Waals surface area contributed by atoms with Crippen molar-refractivity contribution in [3.8, 4) is 5.82 Å². The summed E-state index contributed by atoms with van der Waals surface area (Å²) in [5, 5.41) is 5.12. The van der Waals surface area contributed by atoms with Gasteiger partial charge in [0.2, 0.25) is 0 Å². The van der Waals surface area contributed by atoms with E-state index >= 15 is 0 Å². The van der Waals surface area contributed by atoms with Gasteiger partial charge in [0.05, 0.1) is 0 Å². The number of nitrogens with zero attached hydrogens (tertiary/aromatic N) is 4. The highest BCUT2D eigenvalue weighted by Gasteiger charge is 2.01. The largest absolute Gasteiger partial charge is 0.230 e. The fourth-order valence-electron chi connectivity index (χ4n) is 0.996. The van der Waals surface area contributed by atoms with Crippen LogP contribution in [0.15, 0.2) is 34.3 Å². The van der Waals surface area contributed by atoms with Gasteiger partial charge in [-0.15, -0.1) is 11.8 Å². The van der Waals surface area contributed by atoms with Gasteiger partial charge in [-0.25, -0.2) is 14.6 Å². The molecule has 0 radical (unpaired) electrons. The van der Waals surface area contributed by atoms with Gasteiger partial charge in [-0.2, -0.15) is 5.10 Å². The van der Waals surface area contributed by atoms with Crippen LogP contribution in [0.25, 0.3) is 5.82 Å². The SMILES string of the molecule is CSc1cc(-n2ccc(Br)n2)ncn1. The molecule has 0 amide bonds. The number of rotatable bonds is 2. The zero-order valence-corrected chi connectivity index (χ0v) is 9.79. The van der Waals surface area contributed by atoms with E-state index < -0.39 is 0 Å². The molecule has 0 aromatic carbocycles. The Morgan fingerprint density at radius 1 is 1.43 bits per heavy atom. The Morgan fingerprint density at radius 2 is 2.29 bits per heavy atom. The summed E-state index contributed by atoms with van der Waals surface area (Å²) in [6.07, 6.45) is 5.36. The van der Waals surface area contributed by atoms with Crippen LogP contribution in [0.1, 0.15) is 0 Å². The summed E-state index contributed by atoms with van der Waals surface area (Å²) in [5.41, 5.74) is 0. The highest BCUT2D eigenvalue weighted by atomic mass is 79.9. The zero-order valence-electron chi connectivity index (χ0n) is 7.38. The molecule has 2 heterocycles. The number of aromatic nitrogens is 4. The molecule has 0 aliphatic rings. The maximum atomic E-state index is 4.19. The van der Waals surface area contributed by atoms with Crippen molar-refractivity contribution in [1.82, 2.24) is 19.7 Å². The van der Waals surface area contributed by atoms with E-state index in [1.165, 1.54) is 6.33 Å². The smallest absolute Gasteiger partial charge is 0.157 e. The summed E-state index contributed by atoms with van der Waals surface area (Å²) in [6, 6.07) is 3.75. The molecule has 0 bridgehead atoms. The Bertz CT molecular complexity index is 442. The Kier molecular flexibility index (Phi) is 2.83. The second-order valence-electron chi connectivity index (χ2n) is 2.50. The Morgan fingerprint density at radius 3 is 2.93 bits per heavy atom. The van der Waals surface area contributed by atoms with Crippen LogP contribution in [0, 0.1) is 0 Å². The van der Waals surface area contributed by atoms with Gasteiger partial charge in [0, 0.05) is 12.3 Å². The minimum Gasteiger partial charge on any atom is -0.230 e. The average molecular weight is 271 g/mol. The van der Waals surface area contributed by atoms with Gasteiger partial charge >= 0.3 is 0 Å². The lowest BCUT2D eigenvalue weighted by Gasteiger charge is -2.00. The third-order valence-corrected chi connectivity index (χ3v) is 2.69. The summed E-state index contributed by atoms with van der Waals surface area (Å²) in [4.78, 5) is 8.22. The molecule has 0 fully saturated rings. The maximum absolute atomic E-state index is 4.19. The third kappa shape index (κ3) is 1.96. The van der Waals surface area contributed by atoms with E-state index in [2.05, 4.69) is 31.0 Å². The second-order valence-corrected chi connectivity index (χ2v) is 4.14. The van der Waals surface area contributed by atoms with Crippen LogP contribution in [0.2, 0.25) is 0 Å². The first kappa shape index (κ1) is 9.67. The zero-order chi connectivity index (χ0) is 9.97. The summed E-state index contributed by atoms with van der Waals surface area (Å²) in [7, 11) is 0. The third-order valence-electron chi connectivity index (χ3n) is 1.63. The summed E-state index contributed by atoms with van der Waals surface area (Å²) < 4.78 is 2.49. The van der Waals surface area contributed by atoms with Gasteiger partial charge in [-0.05, 0) is 28.3 Å². The predicted octanol–water partition coefficient (Wildman–Crippen LogP) is 2.15. The Balaban J connectivity index is 2.41. The fourth-order valence-corrected chi connectivity index (χ4v) is 1.66. The molecule has 0 atom stereocenters. The van der Waals surface area contributed by atoms with Gasteiger partial charge in [-0.3, -0.25) is 0 Å². The average Bonchev–Trinajstić information content (AvgIpc) is 2.65. The van der Waals surface area contributed by atoms with E-state index in [1.807, 2.05) is 24.6 Å². The monoisotopic (exact) mass is 270 g/mol. The van der Waals surface area contributed by atoms with Crippen LogP contribution in [-0.4, -0.2) is 26.0 Å². The second kappa shape index (κ2) is 4.10. The van der Waals surface area contributed by atoms with Crippen LogP contribution >= 0.6 is 27.7 Å². The molecular weight excluding hydrogens is 264 g/mol. The summed E-state index contributed by atoms with van der Waals surface area (Å²) in [5.74, 6) is 0.773. The molecule has 0 saturated carbocycles. The van der Waals surface area contributed by atoms with Gasteiger partial charge < -0.3 is 0 Å². The molecule has 0 aliphatic heterocycles. The fraction of sp³-hybridized carbons (Fsp3) is 0.125. The Labute approximate surface area is 93.9 Å². The summed E-state index contributed by atoms with van der Waals surface area (Å²) in [6.45, 7) is 0. The van der Waals surface area contributed by atoms with Gasteiger partial charge in [0.25, 0.3) is 0 Å². The maximum Gasteiger partial charge on any atom is 0.157 e. The van der Waals surface area contributed by atoms with E-state index in [4.69, 9.17) is 0 Å². The number of halogens is 1. The quantitative estimate of drug-likeness (QED) is 0.620. The van der Waals surface area contributed by atoms with E-state index in [0.717, 1.165) is 15.4 Å². The minimum atomic E-state index is 0.773. The molecular formula is C8H7BrN4S. The van der Waals surface area contributed by atoms with Crippen LogP contribution in [-0.2, 0) is 0 Å².